The number of alkyl halides is 3. The van der Waals surface area contributed by atoms with E-state index in [0.29, 0.717) is 0 Å². The normalized spacial score (nSPS) is 10.9. The summed E-state index contributed by atoms with van der Waals surface area (Å²) < 4.78 is 36.4. The molecule has 5 nitrogen and oxygen atoms in total. The van der Waals surface area contributed by atoms with Crippen molar-refractivity contribution in [1.29, 1.82) is 0 Å². The van der Waals surface area contributed by atoms with E-state index in [1.165, 1.54) is 24.3 Å². The third kappa shape index (κ3) is 4.59. The van der Waals surface area contributed by atoms with Crippen molar-refractivity contribution < 1.29 is 22.8 Å². The quantitative estimate of drug-likeness (QED) is 0.778. The van der Waals surface area contributed by atoms with Crippen LogP contribution in [0.25, 0.3) is 0 Å². The van der Waals surface area contributed by atoms with E-state index < -0.39 is 18.0 Å². The Kier molecular flexibility index (Phi) is 4.87. The zero-order valence-electron chi connectivity index (χ0n) is 9.75. The minimum atomic E-state index is -4.99. The summed E-state index contributed by atoms with van der Waals surface area (Å²) >= 11 is 0. The SMILES string of the molecule is NCCC(=O)Nc1ccccc1NC(=O)C(F)(F)F. The van der Waals surface area contributed by atoms with Gasteiger partial charge in [-0.05, 0) is 12.1 Å². The van der Waals surface area contributed by atoms with Crippen LogP contribution in [0.5, 0.6) is 0 Å². The molecular formula is C11H12F3N3O2. The highest BCUT2D eigenvalue weighted by Gasteiger charge is 2.38. The van der Waals surface area contributed by atoms with Crippen molar-refractivity contribution >= 4 is 23.2 Å². The molecule has 0 saturated carbocycles. The molecule has 0 aliphatic rings. The second-order valence-electron chi connectivity index (χ2n) is 3.58. The molecule has 19 heavy (non-hydrogen) atoms. The summed E-state index contributed by atoms with van der Waals surface area (Å²) in [5, 5.41) is 4.06. The number of nitrogens with one attached hydrogen (secondary N) is 2. The van der Waals surface area contributed by atoms with Crippen LogP contribution in [-0.2, 0) is 9.59 Å². The van der Waals surface area contributed by atoms with E-state index in [2.05, 4.69) is 5.32 Å². The lowest BCUT2D eigenvalue weighted by Crippen LogP contribution is -2.30. The first-order valence-electron chi connectivity index (χ1n) is 5.31. The number of anilines is 2. The summed E-state index contributed by atoms with van der Waals surface area (Å²) in [6.07, 6.45) is -4.96. The Labute approximate surface area is 107 Å². The lowest BCUT2D eigenvalue weighted by atomic mass is 10.2. The van der Waals surface area contributed by atoms with Crippen LogP contribution in [0.4, 0.5) is 24.5 Å². The Bertz CT molecular complexity index is 474. The zero-order valence-corrected chi connectivity index (χ0v) is 9.75. The van der Waals surface area contributed by atoms with Gasteiger partial charge < -0.3 is 16.4 Å². The predicted molar refractivity (Wildman–Crippen MR) is 63.4 cm³/mol. The number of carbonyl (C=O) groups excluding carboxylic acids is 2. The summed E-state index contributed by atoms with van der Waals surface area (Å²) in [4.78, 5) is 22.2. The summed E-state index contributed by atoms with van der Waals surface area (Å²) in [6.45, 7) is 0.114. The number of rotatable bonds is 4. The van der Waals surface area contributed by atoms with Crippen molar-refractivity contribution in [2.24, 2.45) is 5.73 Å². The maximum Gasteiger partial charge on any atom is 0.471 e. The van der Waals surface area contributed by atoms with Crippen molar-refractivity contribution in [1.82, 2.24) is 0 Å². The van der Waals surface area contributed by atoms with Gasteiger partial charge in [0.05, 0.1) is 11.4 Å². The molecule has 0 heterocycles. The molecule has 1 rings (SSSR count). The van der Waals surface area contributed by atoms with Crippen molar-refractivity contribution in [2.45, 2.75) is 12.6 Å². The minimum Gasteiger partial charge on any atom is -0.330 e. The molecule has 0 unspecified atom stereocenters. The van der Waals surface area contributed by atoms with Gasteiger partial charge in [0.1, 0.15) is 0 Å². The molecule has 2 amide bonds. The predicted octanol–water partition coefficient (Wildman–Crippen LogP) is 1.47. The first-order valence-corrected chi connectivity index (χ1v) is 5.31. The van der Waals surface area contributed by atoms with Gasteiger partial charge in [0.25, 0.3) is 0 Å². The third-order valence-electron chi connectivity index (χ3n) is 2.08. The monoisotopic (exact) mass is 275 g/mol. The van der Waals surface area contributed by atoms with E-state index in [4.69, 9.17) is 5.73 Å². The number of benzene rings is 1. The maximum absolute atomic E-state index is 12.1. The standard InChI is InChI=1S/C11H12F3N3O2/c12-11(13,14)10(19)17-8-4-2-1-3-7(8)16-9(18)5-6-15/h1-4H,5-6,15H2,(H,16,18)(H,17,19). The number of halogens is 3. The molecule has 1 aromatic rings. The first kappa shape index (κ1) is 15.0. The van der Waals surface area contributed by atoms with Crippen LogP contribution in [0.15, 0.2) is 24.3 Å². The van der Waals surface area contributed by atoms with E-state index in [-0.39, 0.29) is 24.3 Å². The Balaban J connectivity index is 2.84. The van der Waals surface area contributed by atoms with Gasteiger partial charge in [0.15, 0.2) is 0 Å². The van der Waals surface area contributed by atoms with Crippen molar-refractivity contribution in [3.8, 4) is 0 Å². The van der Waals surface area contributed by atoms with Crippen LogP contribution in [0.1, 0.15) is 6.42 Å². The lowest BCUT2D eigenvalue weighted by Gasteiger charge is -2.13. The van der Waals surface area contributed by atoms with Gasteiger partial charge in [0.2, 0.25) is 5.91 Å². The number of carbonyl (C=O) groups is 2. The molecular weight excluding hydrogens is 263 g/mol. The second-order valence-corrected chi connectivity index (χ2v) is 3.58. The van der Waals surface area contributed by atoms with E-state index in [9.17, 15) is 22.8 Å². The van der Waals surface area contributed by atoms with Crippen molar-refractivity contribution in [2.75, 3.05) is 17.2 Å². The van der Waals surface area contributed by atoms with E-state index in [0.717, 1.165) is 0 Å². The van der Waals surface area contributed by atoms with Gasteiger partial charge in [-0.2, -0.15) is 13.2 Å². The van der Waals surface area contributed by atoms with Crippen LogP contribution in [0, 0.1) is 0 Å². The number of nitrogens with two attached hydrogens (primary N) is 1. The molecule has 1 aromatic carbocycles. The minimum absolute atomic E-state index is 0.0293. The smallest absolute Gasteiger partial charge is 0.330 e. The third-order valence-corrected chi connectivity index (χ3v) is 2.08. The van der Waals surface area contributed by atoms with E-state index >= 15 is 0 Å². The summed E-state index contributed by atoms with van der Waals surface area (Å²) in [6, 6.07) is 5.58. The molecule has 0 spiro atoms. The van der Waals surface area contributed by atoms with Gasteiger partial charge in [-0.25, -0.2) is 0 Å². The highest BCUT2D eigenvalue weighted by atomic mass is 19.4. The molecule has 0 aliphatic heterocycles. The molecule has 0 radical (unpaired) electrons. The Morgan fingerprint density at radius 1 is 1.11 bits per heavy atom. The molecule has 0 saturated heterocycles. The summed E-state index contributed by atoms with van der Waals surface area (Å²) in [7, 11) is 0. The fraction of sp³-hybridized carbons (Fsp3) is 0.273. The summed E-state index contributed by atoms with van der Waals surface area (Å²) in [5.41, 5.74) is 5.13. The molecule has 0 aliphatic carbocycles. The van der Waals surface area contributed by atoms with Crippen LogP contribution in [0.2, 0.25) is 0 Å². The van der Waals surface area contributed by atoms with E-state index in [1.54, 1.807) is 5.32 Å². The Hall–Kier alpha value is -2.09. The average molecular weight is 275 g/mol. The van der Waals surface area contributed by atoms with Gasteiger partial charge in [-0.1, -0.05) is 12.1 Å². The topological polar surface area (TPSA) is 84.2 Å². The molecule has 4 N–H and O–H groups in total. The highest BCUT2D eigenvalue weighted by molar-refractivity contribution is 6.01. The zero-order chi connectivity index (χ0) is 14.5. The molecule has 8 heteroatoms. The maximum atomic E-state index is 12.1. The van der Waals surface area contributed by atoms with Crippen molar-refractivity contribution in [3.63, 3.8) is 0 Å². The van der Waals surface area contributed by atoms with Crippen LogP contribution >= 0.6 is 0 Å². The fourth-order valence-electron chi connectivity index (χ4n) is 1.24. The van der Waals surface area contributed by atoms with Crippen LogP contribution in [-0.4, -0.2) is 24.5 Å². The second kappa shape index (κ2) is 6.19. The Morgan fingerprint density at radius 2 is 1.63 bits per heavy atom. The lowest BCUT2D eigenvalue weighted by molar-refractivity contribution is -0.167. The number of hydrogen-bond donors (Lipinski definition) is 3. The van der Waals surface area contributed by atoms with Crippen LogP contribution in [0.3, 0.4) is 0 Å². The molecule has 104 valence electrons. The number of amides is 2. The van der Waals surface area contributed by atoms with Gasteiger partial charge in [-0.3, -0.25) is 9.59 Å². The molecule has 0 atom stereocenters. The first-order chi connectivity index (χ1) is 8.84. The van der Waals surface area contributed by atoms with Crippen molar-refractivity contribution in [3.05, 3.63) is 24.3 Å². The van der Waals surface area contributed by atoms with Gasteiger partial charge in [0, 0.05) is 13.0 Å². The summed E-state index contributed by atoms with van der Waals surface area (Å²) in [5.74, 6) is -2.55. The largest absolute Gasteiger partial charge is 0.471 e. The van der Waals surface area contributed by atoms with E-state index in [1.807, 2.05) is 0 Å². The molecule has 0 aromatic heterocycles. The number of hydrogen-bond acceptors (Lipinski definition) is 3. The fourth-order valence-corrected chi connectivity index (χ4v) is 1.24. The van der Waals surface area contributed by atoms with Gasteiger partial charge in [-0.15, -0.1) is 0 Å². The highest BCUT2D eigenvalue weighted by Crippen LogP contribution is 2.24. The molecule has 0 fully saturated rings. The van der Waals surface area contributed by atoms with Gasteiger partial charge >= 0.3 is 12.1 Å². The average Bonchev–Trinajstić information content (AvgIpc) is 2.30. The van der Waals surface area contributed by atoms with Crippen LogP contribution < -0.4 is 16.4 Å². The Morgan fingerprint density at radius 3 is 2.11 bits per heavy atom. The number of para-hydroxylation sites is 2. The molecule has 0 bridgehead atoms.